The van der Waals surface area contributed by atoms with Gasteiger partial charge < -0.3 is 9.80 Å². The summed E-state index contributed by atoms with van der Waals surface area (Å²) in [4.78, 5) is 4.77. The van der Waals surface area contributed by atoms with Gasteiger partial charge in [-0.3, -0.25) is 0 Å². The Labute approximate surface area is 75.8 Å². The molecule has 0 aromatic rings. The molecule has 0 fully saturated rings. The maximum absolute atomic E-state index is 2.39. The lowest BCUT2D eigenvalue weighted by Crippen LogP contribution is -2.39. The van der Waals surface area contributed by atoms with Crippen LogP contribution in [0.25, 0.3) is 0 Å². The summed E-state index contributed by atoms with van der Waals surface area (Å²) in [5.41, 5.74) is 0. The average Bonchev–Trinajstić information content (AvgIpc) is 2.34. The summed E-state index contributed by atoms with van der Waals surface area (Å²) in [6.45, 7) is 10.1. The molecule has 2 heteroatoms. The van der Waals surface area contributed by atoms with Crippen molar-refractivity contribution in [1.82, 2.24) is 9.80 Å². The third-order valence-corrected chi connectivity index (χ3v) is 2.42. The number of hydrogen-bond acceptors (Lipinski definition) is 2. The van der Waals surface area contributed by atoms with Crippen molar-refractivity contribution in [2.24, 2.45) is 0 Å². The van der Waals surface area contributed by atoms with E-state index in [1.165, 1.54) is 13.0 Å². The van der Waals surface area contributed by atoms with Crippen LogP contribution in [0.5, 0.6) is 0 Å². The van der Waals surface area contributed by atoms with Crippen LogP contribution >= 0.6 is 0 Å². The van der Waals surface area contributed by atoms with E-state index < -0.39 is 0 Å². The molecule has 70 valence electrons. The summed E-state index contributed by atoms with van der Waals surface area (Å²) < 4.78 is 0. The summed E-state index contributed by atoms with van der Waals surface area (Å²) in [5, 5.41) is 0. The molecule has 0 radical (unpaired) electrons. The molecule has 1 aliphatic heterocycles. The second kappa shape index (κ2) is 3.83. The van der Waals surface area contributed by atoms with Crippen LogP contribution in [0.2, 0.25) is 0 Å². The first-order chi connectivity index (χ1) is 5.66. The van der Waals surface area contributed by atoms with Crippen LogP contribution in [0, 0.1) is 0 Å². The molecular weight excluding hydrogens is 148 g/mol. The number of rotatable bonds is 3. The summed E-state index contributed by atoms with van der Waals surface area (Å²) in [6, 6.07) is 0.609. The predicted octanol–water partition coefficient (Wildman–Crippen LogP) is 2.24. The van der Waals surface area contributed by atoms with Gasteiger partial charge in [-0.15, -0.1) is 0 Å². The Bertz CT molecular complexity index is 163. The van der Waals surface area contributed by atoms with Gasteiger partial charge >= 0.3 is 0 Å². The van der Waals surface area contributed by atoms with Crippen LogP contribution in [0.1, 0.15) is 34.1 Å². The molecule has 0 saturated heterocycles. The molecule has 0 bridgehead atoms. The smallest absolute Gasteiger partial charge is 0.0980 e. The van der Waals surface area contributed by atoms with Gasteiger partial charge in [-0.2, -0.15) is 0 Å². The van der Waals surface area contributed by atoms with Gasteiger partial charge in [0.05, 0.1) is 6.17 Å². The molecule has 0 aliphatic carbocycles. The Kier molecular flexibility index (Phi) is 3.01. The van der Waals surface area contributed by atoms with Crippen LogP contribution < -0.4 is 0 Å². The molecular formula is C10H20N2. The Balaban J connectivity index is 2.50. The van der Waals surface area contributed by atoms with Crippen LogP contribution in [0.15, 0.2) is 12.4 Å². The van der Waals surface area contributed by atoms with Gasteiger partial charge in [0.25, 0.3) is 0 Å². The van der Waals surface area contributed by atoms with Crippen molar-refractivity contribution in [3.05, 3.63) is 12.4 Å². The van der Waals surface area contributed by atoms with Crippen molar-refractivity contribution in [2.75, 3.05) is 6.54 Å². The summed E-state index contributed by atoms with van der Waals surface area (Å²) >= 11 is 0. The van der Waals surface area contributed by atoms with E-state index in [9.17, 15) is 0 Å². The number of hydrogen-bond donors (Lipinski definition) is 0. The third-order valence-electron chi connectivity index (χ3n) is 2.42. The fourth-order valence-corrected chi connectivity index (χ4v) is 1.71. The molecule has 0 N–H and O–H groups in total. The maximum Gasteiger partial charge on any atom is 0.0980 e. The Morgan fingerprint density at radius 2 is 2.00 bits per heavy atom. The third kappa shape index (κ3) is 1.74. The van der Waals surface area contributed by atoms with E-state index in [-0.39, 0.29) is 0 Å². The van der Waals surface area contributed by atoms with E-state index in [4.69, 9.17) is 0 Å². The molecule has 1 atom stereocenters. The first-order valence-corrected chi connectivity index (χ1v) is 4.88. The van der Waals surface area contributed by atoms with Crippen LogP contribution in [0.4, 0.5) is 0 Å². The molecule has 0 aromatic carbocycles. The normalized spacial score (nSPS) is 22.9. The Morgan fingerprint density at radius 3 is 2.42 bits per heavy atom. The van der Waals surface area contributed by atoms with Crippen molar-refractivity contribution < 1.29 is 0 Å². The second-order valence-corrected chi connectivity index (χ2v) is 3.71. The summed E-state index contributed by atoms with van der Waals surface area (Å²) in [7, 11) is 0. The first kappa shape index (κ1) is 9.43. The lowest BCUT2D eigenvalue weighted by atomic mass is 10.3. The van der Waals surface area contributed by atoms with Gasteiger partial charge in [0.15, 0.2) is 0 Å². The van der Waals surface area contributed by atoms with Crippen LogP contribution in [-0.2, 0) is 0 Å². The Hall–Kier alpha value is -0.660. The van der Waals surface area contributed by atoms with E-state index in [1.54, 1.807) is 0 Å². The van der Waals surface area contributed by atoms with Crippen molar-refractivity contribution in [3.8, 4) is 0 Å². The van der Waals surface area contributed by atoms with Crippen LogP contribution in [-0.4, -0.2) is 28.6 Å². The van der Waals surface area contributed by atoms with Gasteiger partial charge in [0.2, 0.25) is 0 Å². The minimum Gasteiger partial charge on any atom is -0.356 e. The van der Waals surface area contributed by atoms with E-state index >= 15 is 0 Å². The summed E-state index contributed by atoms with van der Waals surface area (Å²) in [5.74, 6) is 0. The van der Waals surface area contributed by atoms with E-state index in [2.05, 4.69) is 49.9 Å². The molecule has 1 aliphatic rings. The second-order valence-electron chi connectivity index (χ2n) is 3.71. The largest absolute Gasteiger partial charge is 0.356 e. The topological polar surface area (TPSA) is 6.48 Å². The summed E-state index contributed by atoms with van der Waals surface area (Å²) in [6.07, 6.45) is 6.17. The molecule has 0 amide bonds. The van der Waals surface area contributed by atoms with E-state index in [0.717, 1.165) is 0 Å². The highest BCUT2D eigenvalue weighted by molar-refractivity contribution is 4.96. The van der Waals surface area contributed by atoms with Crippen molar-refractivity contribution in [3.63, 3.8) is 0 Å². The van der Waals surface area contributed by atoms with Crippen LogP contribution in [0.3, 0.4) is 0 Å². The lowest BCUT2D eigenvalue weighted by Gasteiger charge is -2.32. The number of nitrogens with zero attached hydrogens (tertiary/aromatic N) is 2. The molecule has 0 spiro atoms. The molecule has 0 saturated carbocycles. The highest BCUT2D eigenvalue weighted by Crippen LogP contribution is 2.17. The van der Waals surface area contributed by atoms with E-state index in [0.29, 0.717) is 12.2 Å². The molecule has 12 heavy (non-hydrogen) atoms. The zero-order chi connectivity index (χ0) is 9.14. The minimum absolute atomic E-state index is 0.546. The fourth-order valence-electron chi connectivity index (χ4n) is 1.71. The van der Waals surface area contributed by atoms with Gasteiger partial charge in [0.1, 0.15) is 0 Å². The molecule has 2 nitrogen and oxygen atoms in total. The van der Waals surface area contributed by atoms with Crippen molar-refractivity contribution in [1.29, 1.82) is 0 Å². The molecule has 1 rings (SSSR count). The van der Waals surface area contributed by atoms with Gasteiger partial charge in [-0.05, 0) is 27.2 Å². The average molecular weight is 168 g/mol. The lowest BCUT2D eigenvalue weighted by molar-refractivity contribution is 0.143. The van der Waals surface area contributed by atoms with Crippen molar-refractivity contribution in [2.45, 2.75) is 46.3 Å². The fraction of sp³-hybridized carbons (Fsp3) is 0.800. The quantitative estimate of drug-likeness (QED) is 0.637. The molecule has 1 unspecified atom stereocenters. The SMILES string of the molecule is CCCN1C=CN(C(C)C)C1C. The minimum atomic E-state index is 0.546. The first-order valence-electron chi connectivity index (χ1n) is 4.88. The standard InChI is InChI=1S/C10H20N2/c1-5-6-11-7-8-12(9(2)3)10(11)4/h7-10H,5-6H2,1-4H3. The predicted molar refractivity (Wildman–Crippen MR) is 52.6 cm³/mol. The zero-order valence-corrected chi connectivity index (χ0v) is 8.62. The van der Waals surface area contributed by atoms with E-state index in [1.807, 2.05) is 0 Å². The monoisotopic (exact) mass is 168 g/mol. The highest BCUT2D eigenvalue weighted by atomic mass is 15.4. The molecule has 1 heterocycles. The van der Waals surface area contributed by atoms with Gasteiger partial charge in [-0.25, -0.2) is 0 Å². The molecule has 0 aromatic heterocycles. The zero-order valence-electron chi connectivity index (χ0n) is 8.62. The maximum atomic E-state index is 2.39. The highest BCUT2D eigenvalue weighted by Gasteiger charge is 2.22. The van der Waals surface area contributed by atoms with Gasteiger partial charge in [-0.1, -0.05) is 6.92 Å². The van der Waals surface area contributed by atoms with Gasteiger partial charge in [0, 0.05) is 25.0 Å². The Morgan fingerprint density at radius 1 is 1.33 bits per heavy atom. The van der Waals surface area contributed by atoms with Crippen molar-refractivity contribution >= 4 is 0 Å².